The number of thioether (sulfide) groups is 1. The van der Waals surface area contributed by atoms with E-state index in [2.05, 4.69) is 10.1 Å². The quantitative estimate of drug-likeness (QED) is 0.841. The van der Waals surface area contributed by atoms with E-state index in [0.29, 0.717) is 12.2 Å². The predicted octanol–water partition coefficient (Wildman–Crippen LogP) is 4.86. The fraction of sp³-hybridized carbons (Fsp3) is 0.235. The Morgan fingerprint density at radius 3 is 2.44 bits per heavy atom. The van der Waals surface area contributed by atoms with Gasteiger partial charge in [0.1, 0.15) is 11.1 Å². The van der Waals surface area contributed by atoms with Gasteiger partial charge >= 0.3 is 12.4 Å². The van der Waals surface area contributed by atoms with Crippen LogP contribution in [0.2, 0.25) is 0 Å². The lowest BCUT2D eigenvalue weighted by Crippen LogP contribution is -2.34. The first kappa shape index (κ1) is 17.5. The molecule has 3 rings (SSSR count). The molecule has 4 nitrogen and oxygen atoms in total. The third-order valence-corrected chi connectivity index (χ3v) is 4.84. The summed E-state index contributed by atoms with van der Waals surface area (Å²) in [6.45, 7) is 0.603. The molecule has 1 saturated heterocycles. The van der Waals surface area contributed by atoms with Gasteiger partial charge in [0.2, 0.25) is 0 Å². The molecule has 25 heavy (non-hydrogen) atoms. The van der Waals surface area contributed by atoms with Crippen molar-refractivity contribution in [3.8, 4) is 5.75 Å². The van der Waals surface area contributed by atoms with Gasteiger partial charge in [0.15, 0.2) is 0 Å². The van der Waals surface area contributed by atoms with E-state index >= 15 is 0 Å². The van der Waals surface area contributed by atoms with Crippen LogP contribution in [0.5, 0.6) is 5.75 Å². The van der Waals surface area contributed by atoms with Crippen LogP contribution < -0.4 is 10.1 Å². The lowest BCUT2D eigenvalue weighted by atomic mass is 10.2. The monoisotopic (exact) mass is 368 g/mol. The highest BCUT2D eigenvalue weighted by Gasteiger charge is 2.32. The molecule has 2 amide bonds. The Morgan fingerprint density at radius 1 is 1.12 bits per heavy atom. The highest BCUT2D eigenvalue weighted by molar-refractivity contribution is 7.99. The number of rotatable bonds is 3. The third-order valence-electron chi connectivity index (χ3n) is 3.58. The molecule has 0 spiro atoms. The van der Waals surface area contributed by atoms with E-state index in [1.54, 1.807) is 16.7 Å². The molecule has 1 aliphatic heterocycles. The fourth-order valence-electron chi connectivity index (χ4n) is 2.51. The Hall–Kier alpha value is -2.35. The minimum Gasteiger partial charge on any atom is -0.406 e. The van der Waals surface area contributed by atoms with Crippen molar-refractivity contribution in [3.05, 3.63) is 60.2 Å². The van der Waals surface area contributed by atoms with E-state index in [1.807, 2.05) is 30.3 Å². The summed E-state index contributed by atoms with van der Waals surface area (Å²) in [5, 5.41) is 2.64. The Bertz CT molecular complexity index is 723. The number of nitrogens with zero attached hydrogens (tertiary/aromatic N) is 1. The van der Waals surface area contributed by atoms with Gasteiger partial charge in [-0.25, -0.2) is 4.79 Å². The van der Waals surface area contributed by atoms with Gasteiger partial charge in [-0.05, 0) is 29.8 Å². The molecule has 1 fully saturated rings. The van der Waals surface area contributed by atoms with Crippen molar-refractivity contribution in [2.24, 2.45) is 0 Å². The molecule has 0 aromatic heterocycles. The van der Waals surface area contributed by atoms with Crippen molar-refractivity contribution in [2.45, 2.75) is 11.7 Å². The maximum absolute atomic E-state index is 12.5. The van der Waals surface area contributed by atoms with Crippen LogP contribution in [0.25, 0.3) is 0 Å². The van der Waals surface area contributed by atoms with Gasteiger partial charge in [-0.15, -0.1) is 24.9 Å². The minimum atomic E-state index is -4.74. The number of urea groups is 1. The maximum Gasteiger partial charge on any atom is 0.573 e. The fourth-order valence-corrected chi connectivity index (χ4v) is 3.76. The number of anilines is 1. The first-order chi connectivity index (χ1) is 11.9. The van der Waals surface area contributed by atoms with Crippen LogP contribution in [-0.4, -0.2) is 29.6 Å². The van der Waals surface area contributed by atoms with Gasteiger partial charge in [-0.3, -0.25) is 0 Å². The van der Waals surface area contributed by atoms with E-state index < -0.39 is 6.36 Å². The Morgan fingerprint density at radius 2 is 1.80 bits per heavy atom. The number of halogens is 3. The number of carbonyl (C=O) groups excluding carboxylic acids is 1. The summed E-state index contributed by atoms with van der Waals surface area (Å²) < 4.78 is 40.3. The van der Waals surface area contributed by atoms with Gasteiger partial charge in [0, 0.05) is 18.0 Å². The highest BCUT2D eigenvalue weighted by atomic mass is 32.2. The summed E-state index contributed by atoms with van der Waals surface area (Å²) in [4.78, 5) is 14.2. The molecule has 1 atom stereocenters. The smallest absolute Gasteiger partial charge is 0.406 e. The number of carbonyl (C=O) groups is 1. The zero-order valence-electron chi connectivity index (χ0n) is 13.0. The summed E-state index contributed by atoms with van der Waals surface area (Å²) >= 11 is 1.67. The Kier molecular flexibility index (Phi) is 5.08. The van der Waals surface area contributed by atoms with Gasteiger partial charge < -0.3 is 15.0 Å². The molecule has 2 aromatic rings. The van der Waals surface area contributed by atoms with E-state index in [4.69, 9.17) is 0 Å². The number of ether oxygens (including phenoxy) is 1. The van der Waals surface area contributed by atoms with Crippen LogP contribution in [0.3, 0.4) is 0 Å². The van der Waals surface area contributed by atoms with E-state index in [9.17, 15) is 18.0 Å². The Balaban J connectivity index is 1.65. The van der Waals surface area contributed by atoms with Gasteiger partial charge in [-0.1, -0.05) is 30.3 Å². The minimum absolute atomic E-state index is 0.0750. The predicted molar refractivity (Wildman–Crippen MR) is 90.5 cm³/mol. The SMILES string of the molecule is O=C(Nc1ccc(OC(F)(F)F)cc1)N1CCSC1c1ccccc1. The van der Waals surface area contributed by atoms with Crippen molar-refractivity contribution in [1.82, 2.24) is 4.90 Å². The third kappa shape index (κ3) is 4.60. The molecule has 1 unspecified atom stereocenters. The lowest BCUT2D eigenvalue weighted by Gasteiger charge is -2.24. The standard InChI is InChI=1S/C17H15F3N2O2S/c18-17(19,20)24-14-8-6-13(7-9-14)21-16(23)22-10-11-25-15(22)12-4-2-1-3-5-12/h1-9,15H,10-11H2,(H,21,23). The molecule has 0 radical (unpaired) electrons. The molecule has 1 aliphatic rings. The number of alkyl halides is 3. The summed E-state index contributed by atoms with van der Waals surface area (Å²) in [6, 6.07) is 14.5. The van der Waals surface area contributed by atoms with Crippen molar-refractivity contribution < 1.29 is 22.7 Å². The molecular formula is C17H15F3N2O2S. The summed E-state index contributed by atoms with van der Waals surface area (Å²) in [5.74, 6) is 0.495. The maximum atomic E-state index is 12.5. The van der Waals surface area contributed by atoms with E-state index in [-0.39, 0.29) is 17.2 Å². The average Bonchev–Trinajstić information content (AvgIpc) is 3.06. The normalized spacial score (nSPS) is 17.4. The number of nitrogens with one attached hydrogen (secondary N) is 1. The first-order valence-electron chi connectivity index (χ1n) is 7.52. The number of amides is 2. The summed E-state index contributed by atoms with van der Waals surface area (Å²) in [5.41, 5.74) is 1.44. The molecule has 0 bridgehead atoms. The van der Waals surface area contributed by atoms with Crippen LogP contribution in [0.4, 0.5) is 23.7 Å². The zero-order chi connectivity index (χ0) is 17.9. The largest absolute Gasteiger partial charge is 0.573 e. The van der Waals surface area contributed by atoms with Crippen molar-refractivity contribution in [3.63, 3.8) is 0 Å². The van der Waals surface area contributed by atoms with E-state index in [1.165, 1.54) is 12.1 Å². The second-order valence-corrected chi connectivity index (χ2v) is 6.52. The van der Waals surface area contributed by atoms with Crippen LogP contribution in [0.1, 0.15) is 10.9 Å². The molecule has 0 saturated carbocycles. The van der Waals surface area contributed by atoms with Gasteiger partial charge in [-0.2, -0.15) is 0 Å². The van der Waals surface area contributed by atoms with E-state index in [0.717, 1.165) is 23.4 Å². The Labute approximate surface area is 147 Å². The molecule has 1 N–H and O–H groups in total. The molecule has 132 valence electrons. The second-order valence-electron chi connectivity index (χ2n) is 5.33. The lowest BCUT2D eigenvalue weighted by molar-refractivity contribution is -0.274. The molecule has 2 aromatic carbocycles. The first-order valence-corrected chi connectivity index (χ1v) is 8.57. The molecule has 8 heteroatoms. The number of benzene rings is 2. The second kappa shape index (κ2) is 7.26. The topological polar surface area (TPSA) is 41.6 Å². The van der Waals surface area contributed by atoms with Crippen LogP contribution in [0, 0.1) is 0 Å². The van der Waals surface area contributed by atoms with Crippen molar-refractivity contribution in [1.29, 1.82) is 0 Å². The van der Waals surface area contributed by atoms with Crippen molar-refractivity contribution in [2.75, 3.05) is 17.6 Å². The summed E-state index contributed by atoms with van der Waals surface area (Å²) in [7, 11) is 0. The number of hydrogen-bond acceptors (Lipinski definition) is 3. The summed E-state index contributed by atoms with van der Waals surface area (Å²) in [6.07, 6.45) is -4.74. The molecule has 0 aliphatic carbocycles. The number of hydrogen-bond donors (Lipinski definition) is 1. The van der Waals surface area contributed by atoms with Crippen LogP contribution >= 0.6 is 11.8 Å². The van der Waals surface area contributed by atoms with Gasteiger partial charge in [0.05, 0.1) is 0 Å². The van der Waals surface area contributed by atoms with Crippen LogP contribution in [-0.2, 0) is 0 Å². The average molecular weight is 368 g/mol. The molecular weight excluding hydrogens is 353 g/mol. The van der Waals surface area contributed by atoms with Crippen LogP contribution in [0.15, 0.2) is 54.6 Å². The van der Waals surface area contributed by atoms with Gasteiger partial charge in [0.25, 0.3) is 0 Å². The zero-order valence-corrected chi connectivity index (χ0v) is 13.8. The molecule has 1 heterocycles. The van der Waals surface area contributed by atoms with Crippen molar-refractivity contribution >= 4 is 23.5 Å². The highest BCUT2D eigenvalue weighted by Crippen LogP contribution is 2.38.